The third-order valence-corrected chi connectivity index (χ3v) is 4.88. The molecule has 0 atom stereocenters. The van der Waals surface area contributed by atoms with Gasteiger partial charge < -0.3 is 14.8 Å². The molecule has 1 aromatic carbocycles. The number of fused-ring (bicyclic) bond motifs is 1. The number of benzene rings is 1. The minimum atomic E-state index is 0.0633. The van der Waals surface area contributed by atoms with Crippen LogP contribution < -0.4 is 0 Å². The van der Waals surface area contributed by atoms with Crippen LogP contribution in [0.25, 0.3) is 22.2 Å². The number of pyridine rings is 1. The van der Waals surface area contributed by atoms with Crippen molar-refractivity contribution in [3.8, 4) is 17.2 Å². The zero-order valence-electron chi connectivity index (χ0n) is 14.6. The summed E-state index contributed by atoms with van der Waals surface area (Å²) in [6, 6.07) is 11.7. The maximum atomic E-state index is 12.8. The molecule has 6 nitrogen and oxygen atoms in total. The van der Waals surface area contributed by atoms with E-state index in [0.29, 0.717) is 16.8 Å². The molecule has 2 aromatic heterocycles. The van der Waals surface area contributed by atoms with E-state index in [-0.39, 0.29) is 5.91 Å². The van der Waals surface area contributed by atoms with E-state index in [0.717, 1.165) is 42.7 Å². The molecule has 1 aliphatic heterocycles. The number of nitrogens with zero attached hydrogens (tertiary/aromatic N) is 4. The second kappa shape index (κ2) is 6.62. The lowest BCUT2D eigenvalue weighted by molar-refractivity contribution is 0.0664. The van der Waals surface area contributed by atoms with E-state index >= 15 is 0 Å². The molecule has 0 radical (unpaired) electrons. The second-order valence-electron chi connectivity index (χ2n) is 6.61. The molecule has 3 aromatic rings. The van der Waals surface area contributed by atoms with E-state index < -0.39 is 0 Å². The molecule has 0 aliphatic carbocycles. The summed E-state index contributed by atoms with van der Waals surface area (Å²) in [5.74, 6) is 0.0633. The first-order valence-electron chi connectivity index (χ1n) is 8.61. The van der Waals surface area contributed by atoms with Gasteiger partial charge in [-0.2, -0.15) is 5.26 Å². The van der Waals surface area contributed by atoms with Gasteiger partial charge in [0, 0.05) is 55.1 Å². The Morgan fingerprint density at radius 1 is 1.19 bits per heavy atom. The Morgan fingerprint density at radius 3 is 2.77 bits per heavy atom. The number of carbonyl (C=O) groups is 1. The fourth-order valence-electron chi connectivity index (χ4n) is 3.28. The first kappa shape index (κ1) is 16.3. The average molecular weight is 345 g/mol. The van der Waals surface area contributed by atoms with Gasteiger partial charge in [-0.15, -0.1) is 0 Å². The molecule has 1 N–H and O–H groups in total. The molecule has 6 heteroatoms. The predicted octanol–water partition coefficient (Wildman–Crippen LogP) is 2.49. The quantitative estimate of drug-likeness (QED) is 0.774. The third kappa shape index (κ3) is 2.93. The van der Waals surface area contributed by atoms with Crippen LogP contribution in [0.1, 0.15) is 15.9 Å². The number of H-pyrrole nitrogens is 1. The molecule has 1 amide bonds. The van der Waals surface area contributed by atoms with Gasteiger partial charge in [0.1, 0.15) is 11.7 Å². The van der Waals surface area contributed by atoms with Crippen LogP contribution in [0.2, 0.25) is 0 Å². The van der Waals surface area contributed by atoms with E-state index in [1.54, 1.807) is 12.4 Å². The highest BCUT2D eigenvalue weighted by Gasteiger charge is 2.20. The summed E-state index contributed by atoms with van der Waals surface area (Å²) >= 11 is 0. The zero-order chi connectivity index (χ0) is 18.1. The number of aromatic amines is 1. The van der Waals surface area contributed by atoms with Crippen LogP contribution in [0.15, 0.2) is 42.7 Å². The van der Waals surface area contributed by atoms with Crippen LogP contribution in [-0.2, 0) is 0 Å². The Hall–Kier alpha value is -3.17. The number of aromatic nitrogens is 2. The summed E-state index contributed by atoms with van der Waals surface area (Å²) in [7, 11) is 2.07. The lowest BCUT2D eigenvalue weighted by atomic mass is 10.0. The number of nitrogens with one attached hydrogen (secondary N) is 1. The summed E-state index contributed by atoms with van der Waals surface area (Å²) in [5, 5.41) is 10.0. The van der Waals surface area contributed by atoms with Gasteiger partial charge in [0.15, 0.2) is 0 Å². The van der Waals surface area contributed by atoms with Crippen molar-refractivity contribution in [2.24, 2.45) is 0 Å². The molecule has 3 heterocycles. The van der Waals surface area contributed by atoms with E-state index in [1.165, 1.54) is 0 Å². The van der Waals surface area contributed by atoms with Gasteiger partial charge in [-0.1, -0.05) is 12.1 Å². The molecule has 1 saturated heterocycles. The zero-order valence-corrected chi connectivity index (χ0v) is 14.6. The Bertz CT molecular complexity index is 1010. The highest BCUT2D eigenvalue weighted by molar-refractivity contribution is 5.96. The van der Waals surface area contributed by atoms with Gasteiger partial charge in [-0.05, 0) is 30.8 Å². The number of piperazine rings is 1. The summed E-state index contributed by atoms with van der Waals surface area (Å²) in [4.78, 5) is 24.3. The first-order valence-corrected chi connectivity index (χ1v) is 8.61. The van der Waals surface area contributed by atoms with E-state index in [2.05, 4.69) is 28.0 Å². The number of likely N-dealkylation sites (N-methyl/N-ethyl adjacent to an activating group) is 1. The summed E-state index contributed by atoms with van der Waals surface area (Å²) in [6.45, 7) is 3.30. The van der Waals surface area contributed by atoms with Crippen molar-refractivity contribution in [3.63, 3.8) is 0 Å². The molecule has 130 valence electrons. The van der Waals surface area contributed by atoms with Crippen LogP contribution >= 0.6 is 0 Å². The normalized spacial score (nSPS) is 15.2. The Morgan fingerprint density at radius 2 is 2.00 bits per heavy atom. The lowest BCUT2D eigenvalue weighted by Crippen LogP contribution is -2.47. The molecule has 1 fully saturated rings. The number of nitriles is 1. The third-order valence-electron chi connectivity index (χ3n) is 4.88. The highest BCUT2D eigenvalue weighted by Crippen LogP contribution is 2.25. The van der Waals surface area contributed by atoms with Crippen LogP contribution in [-0.4, -0.2) is 58.9 Å². The van der Waals surface area contributed by atoms with Crippen LogP contribution in [0.5, 0.6) is 0 Å². The van der Waals surface area contributed by atoms with Crippen molar-refractivity contribution < 1.29 is 4.79 Å². The second-order valence-corrected chi connectivity index (χ2v) is 6.61. The van der Waals surface area contributed by atoms with Crippen molar-refractivity contribution in [3.05, 3.63) is 53.9 Å². The van der Waals surface area contributed by atoms with E-state index in [4.69, 9.17) is 0 Å². The van der Waals surface area contributed by atoms with Gasteiger partial charge in [0.25, 0.3) is 5.91 Å². The molecule has 4 rings (SSSR count). The monoisotopic (exact) mass is 345 g/mol. The number of hydrogen-bond acceptors (Lipinski definition) is 4. The Labute approximate surface area is 151 Å². The standard InChI is InChI=1S/C20H19N5O/c1-24-5-7-25(8-6-24)20(26)15-4-2-3-14(9-15)16-10-18-17(11-21)13-23-19(18)22-12-16/h2-4,9-10,12-13H,5-8H2,1H3,(H,22,23). The number of hydrogen-bond donors (Lipinski definition) is 1. The molecule has 1 aliphatic rings. The summed E-state index contributed by atoms with van der Waals surface area (Å²) < 4.78 is 0. The van der Waals surface area contributed by atoms with Gasteiger partial charge >= 0.3 is 0 Å². The van der Waals surface area contributed by atoms with Gasteiger partial charge in [0.05, 0.1) is 5.56 Å². The number of rotatable bonds is 2. The molecular formula is C20H19N5O. The number of amides is 1. The van der Waals surface area contributed by atoms with Gasteiger partial charge in [-0.25, -0.2) is 4.98 Å². The molecule has 0 spiro atoms. The average Bonchev–Trinajstić information content (AvgIpc) is 3.10. The van der Waals surface area contributed by atoms with Gasteiger partial charge in [0.2, 0.25) is 0 Å². The molecule has 0 unspecified atom stereocenters. The molecule has 0 saturated carbocycles. The van der Waals surface area contributed by atoms with E-state index in [1.807, 2.05) is 35.2 Å². The fourth-order valence-corrected chi connectivity index (χ4v) is 3.28. The maximum Gasteiger partial charge on any atom is 0.253 e. The van der Waals surface area contributed by atoms with Crippen LogP contribution in [0.4, 0.5) is 0 Å². The smallest absolute Gasteiger partial charge is 0.253 e. The fraction of sp³-hybridized carbons (Fsp3) is 0.250. The van der Waals surface area contributed by atoms with Crippen molar-refractivity contribution in [1.82, 2.24) is 19.8 Å². The SMILES string of the molecule is CN1CCN(C(=O)c2cccc(-c3cnc4[nH]cc(C#N)c4c3)c2)CC1. The minimum absolute atomic E-state index is 0.0633. The van der Waals surface area contributed by atoms with Crippen LogP contribution in [0.3, 0.4) is 0 Å². The van der Waals surface area contributed by atoms with Crippen molar-refractivity contribution >= 4 is 16.9 Å². The van der Waals surface area contributed by atoms with Crippen LogP contribution in [0, 0.1) is 11.3 Å². The lowest BCUT2D eigenvalue weighted by Gasteiger charge is -2.32. The summed E-state index contributed by atoms with van der Waals surface area (Å²) in [5.41, 5.74) is 3.75. The minimum Gasteiger partial charge on any atom is -0.345 e. The first-order chi connectivity index (χ1) is 12.7. The van der Waals surface area contributed by atoms with Gasteiger partial charge in [-0.3, -0.25) is 4.79 Å². The van der Waals surface area contributed by atoms with Crippen molar-refractivity contribution in [1.29, 1.82) is 5.26 Å². The highest BCUT2D eigenvalue weighted by atomic mass is 16.2. The molecular weight excluding hydrogens is 326 g/mol. The molecule has 26 heavy (non-hydrogen) atoms. The summed E-state index contributed by atoms with van der Waals surface area (Å²) in [6.07, 6.45) is 3.42. The Balaban J connectivity index is 1.65. The topological polar surface area (TPSA) is 76.0 Å². The number of carbonyl (C=O) groups excluding carboxylic acids is 1. The maximum absolute atomic E-state index is 12.8. The van der Waals surface area contributed by atoms with Crippen molar-refractivity contribution in [2.45, 2.75) is 0 Å². The molecule has 0 bridgehead atoms. The van der Waals surface area contributed by atoms with E-state index in [9.17, 15) is 10.1 Å². The predicted molar refractivity (Wildman–Crippen MR) is 99.6 cm³/mol. The van der Waals surface area contributed by atoms with Crippen molar-refractivity contribution in [2.75, 3.05) is 33.2 Å². The Kier molecular flexibility index (Phi) is 4.15. The largest absolute Gasteiger partial charge is 0.345 e.